The Labute approximate surface area is 323 Å². The number of halogens is 2. The Morgan fingerprint density at radius 2 is 1.76 bits per heavy atom. The van der Waals surface area contributed by atoms with Gasteiger partial charge in [-0.15, -0.1) is 0 Å². The van der Waals surface area contributed by atoms with E-state index in [1.54, 1.807) is 19.1 Å². The Morgan fingerprint density at radius 3 is 2.37 bits per heavy atom. The topological polar surface area (TPSA) is 205 Å². The predicted octanol–water partition coefficient (Wildman–Crippen LogP) is 3.76. The number of phenols is 1. The lowest BCUT2D eigenvalue weighted by Gasteiger charge is -2.35. The molecule has 1 saturated heterocycles. The molecule has 0 atom stereocenters. The summed E-state index contributed by atoms with van der Waals surface area (Å²) >= 11 is 3.39. The number of nitrogens with one attached hydrogen (secondary N) is 3. The number of aromatic nitrogens is 2. The Balaban J connectivity index is 1.63. The Morgan fingerprint density at radius 1 is 1.06 bits per heavy atom. The van der Waals surface area contributed by atoms with E-state index in [0.717, 1.165) is 28.9 Å². The van der Waals surface area contributed by atoms with Crippen LogP contribution in [0.3, 0.4) is 0 Å². The van der Waals surface area contributed by atoms with Gasteiger partial charge in [0.1, 0.15) is 17.3 Å². The third-order valence-corrected chi connectivity index (χ3v) is 10.5. The molecule has 2 aromatic carbocycles. The molecule has 0 saturated carbocycles. The van der Waals surface area contributed by atoms with E-state index in [4.69, 9.17) is 13.7 Å². The maximum absolute atomic E-state index is 14.6. The predicted molar refractivity (Wildman–Crippen MR) is 208 cm³/mol. The molecule has 1 amide bonds. The number of nitrogens with zero attached hydrogens (tertiary/aromatic N) is 5. The first-order valence-electron chi connectivity index (χ1n) is 16.8. The van der Waals surface area contributed by atoms with E-state index in [-0.39, 0.29) is 61.3 Å². The lowest BCUT2D eigenvalue weighted by molar-refractivity contribution is -0.122. The van der Waals surface area contributed by atoms with Gasteiger partial charge >= 0.3 is 0 Å². The van der Waals surface area contributed by atoms with Crippen molar-refractivity contribution in [3.63, 3.8) is 0 Å². The highest BCUT2D eigenvalue weighted by molar-refractivity contribution is 9.10. The Hall–Kier alpha value is -4.18. The van der Waals surface area contributed by atoms with E-state index in [9.17, 15) is 31.1 Å². The van der Waals surface area contributed by atoms with Crippen molar-refractivity contribution in [2.75, 3.05) is 92.9 Å². The lowest BCUT2D eigenvalue weighted by atomic mass is 10.0. The van der Waals surface area contributed by atoms with Crippen LogP contribution in [-0.4, -0.2) is 122 Å². The summed E-state index contributed by atoms with van der Waals surface area (Å²) in [6, 6.07) is 5.49. The molecule has 1 aromatic heterocycles. The van der Waals surface area contributed by atoms with Gasteiger partial charge in [0, 0.05) is 62.6 Å². The molecular formula is C33H46BrFN8O9S2. The number of anilines is 6. The molecule has 17 nitrogen and oxygen atoms in total. The van der Waals surface area contributed by atoms with Crippen LogP contribution in [0.15, 0.2) is 34.9 Å². The first kappa shape index (κ1) is 42.6. The van der Waals surface area contributed by atoms with Crippen LogP contribution >= 0.6 is 15.9 Å². The van der Waals surface area contributed by atoms with E-state index >= 15 is 0 Å². The van der Waals surface area contributed by atoms with Gasteiger partial charge in [0.15, 0.2) is 11.6 Å². The smallest absolute Gasteiger partial charge is 0.264 e. The van der Waals surface area contributed by atoms with Gasteiger partial charge < -0.3 is 40.3 Å². The Bertz CT molecular complexity index is 2020. The molecule has 2 heterocycles. The standard InChI is InChI=1S/C33H46BrFN8O9S2/c1-7-43(53(5,46)47)26-17-28(44)23(35)15-24(26)38-32-22(34)19-36-33(40-32)39-25-16-30(51-13-8-14-52-54(6,48)49)27(18-29(25)50-4)42-11-9-21(10-12-42)37-31(45)20-41(2)3/h15-19,21,44H,7-14,20H2,1-6H3,(H,37,45)(H2,36,38,39,40). The number of rotatable bonds is 18. The number of benzene rings is 2. The fourth-order valence-corrected chi connectivity index (χ4v) is 7.35. The molecule has 1 aliphatic rings. The van der Waals surface area contributed by atoms with Crippen molar-refractivity contribution < 1.29 is 44.8 Å². The SMILES string of the molecule is CCN(c1cc(O)c(F)cc1Nc1nc(Nc2cc(OCCCOS(C)(=O)=O)c(N3CCC(NC(=O)CN(C)C)CC3)cc2OC)ncc1Br)S(C)(=O)=O. The van der Waals surface area contributed by atoms with Crippen molar-refractivity contribution in [3.8, 4) is 17.2 Å². The van der Waals surface area contributed by atoms with Gasteiger partial charge in [-0.25, -0.2) is 17.8 Å². The summed E-state index contributed by atoms with van der Waals surface area (Å²) in [5.41, 5.74) is 1.14. The zero-order valence-electron chi connectivity index (χ0n) is 30.8. The minimum Gasteiger partial charge on any atom is -0.505 e. The normalized spacial score (nSPS) is 13.8. The summed E-state index contributed by atoms with van der Waals surface area (Å²) in [5.74, 6) is -0.673. The molecule has 21 heteroatoms. The molecule has 4 rings (SSSR count). The molecule has 0 unspecified atom stereocenters. The molecule has 0 bridgehead atoms. The largest absolute Gasteiger partial charge is 0.505 e. The van der Waals surface area contributed by atoms with E-state index in [1.165, 1.54) is 13.3 Å². The molecule has 3 aromatic rings. The number of amides is 1. The summed E-state index contributed by atoms with van der Waals surface area (Å²) < 4.78 is 80.7. The number of likely N-dealkylation sites (N-methyl/N-ethyl adjacent to an activating group) is 1. The van der Waals surface area contributed by atoms with Gasteiger partial charge in [-0.05, 0) is 49.8 Å². The van der Waals surface area contributed by atoms with E-state index < -0.39 is 31.7 Å². The van der Waals surface area contributed by atoms with E-state index in [1.807, 2.05) is 19.0 Å². The summed E-state index contributed by atoms with van der Waals surface area (Å²) in [5, 5.41) is 19.2. The highest BCUT2D eigenvalue weighted by Gasteiger charge is 2.26. The van der Waals surface area contributed by atoms with Gasteiger partial charge in [-0.2, -0.15) is 13.4 Å². The van der Waals surface area contributed by atoms with Crippen molar-refractivity contribution in [3.05, 3.63) is 40.8 Å². The molecule has 54 heavy (non-hydrogen) atoms. The minimum absolute atomic E-state index is 0.000108. The Kier molecular flexibility index (Phi) is 14.5. The van der Waals surface area contributed by atoms with Crippen molar-refractivity contribution >= 4 is 76.5 Å². The minimum atomic E-state index is -3.80. The molecule has 4 N–H and O–H groups in total. The first-order valence-corrected chi connectivity index (χ1v) is 21.3. The third-order valence-electron chi connectivity index (χ3n) is 8.05. The van der Waals surface area contributed by atoms with Crippen LogP contribution in [0, 0.1) is 5.82 Å². The first-order chi connectivity index (χ1) is 25.4. The molecule has 1 fully saturated rings. The average Bonchev–Trinajstić information content (AvgIpc) is 3.07. The summed E-state index contributed by atoms with van der Waals surface area (Å²) in [4.78, 5) is 25.2. The third kappa shape index (κ3) is 11.9. The second-order valence-electron chi connectivity index (χ2n) is 12.7. The number of ether oxygens (including phenoxy) is 2. The van der Waals surface area contributed by atoms with Crippen molar-refractivity contribution in [1.82, 2.24) is 20.2 Å². The number of hydrogen-bond acceptors (Lipinski definition) is 15. The van der Waals surface area contributed by atoms with Crippen molar-refractivity contribution in [2.45, 2.75) is 32.2 Å². The summed E-state index contributed by atoms with van der Waals surface area (Å²) in [6.07, 6.45) is 5.07. The molecule has 0 radical (unpaired) electrons. The van der Waals surface area contributed by atoms with E-state index in [0.29, 0.717) is 59.8 Å². The molecule has 298 valence electrons. The number of sulfonamides is 1. The zero-order valence-corrected chi connectivity index (χ0v) is 34.1. The second kappa shape index (κ2) is 18.4. The molecule has 0 aliphatic carbocycles. The lowest BCUT2D eigenvalue weighted by Crippen LogP contribution is -2.46. The van der Waals surface area contributed by atoms with Crippen LogP contribution in [0.5, 0.6) is 17.2 Å². The number of hydrogen-bond donors (Lipinski definition) is 4. The monoisotopic (exact) mass is 860 g/mol. The highest BCUT2D eigenvalue weighted by Crippen LogP contribution is 2.41. The number of methoxy groups -OCH3 is 1. The van der Waals surface area contributed by atoms with Gasteiger partial charge in [0.25, 0.3) is 10.1 Å². The van der Waals surface area contributed by atoms with Gasteiger partial charge in [-0.3, -0.25) is 13.3 Å². The number of piperidine rings is 1. The van der Waals surface area contributed by atoms with Crippen LogP contribution in [0.1, 0.15) is 26.2 Å². The van der Waals surface area contributed by atoms with Gasteiger partial charge in [0.2, 0.25) is 21.9 Å². The van der Waals surface area contributed by atoms with Crippen LogP contribution in [-0.2, 0) is 29.1 Å². The van der Waals surface area contributed by atoms with Crippen LogP contribution in [0.4, 0.5) is 38.9 Å². The maximum atomic E-state index is 14.6. The van der Waals surface area contributed by atoms with Gasteiger partial charge in [0.05, 0.1) is 66.6 Å². The van der Waals surface area contributed by atoms with Crippen LogP contribution in [0.25, 0.3) is 0 Å². The molecular weight excluding hydrogens is 815 g/mol. The van der Waals surface area contributed by atoms with E-state index in [2.05, 4.69) is 46.7 Å². The average molecular weight is 862 g/mol. The number of carbonyl (C=O) groups excluding carboxylic acids is 1. The number of carbonyl (C=O) groups is 1. The van der Waals surface area contributed by atoms with Gasteiger partial charge in [-0.1, -0.05) is 0 Å². The summed E-state index contributed by atoms with van der Waals surface area (Å²) in [6.45, 7) is 3.18. The number of phenolic OH excluding ortho intramolecular Hbond substituents is 1. The molecule has 1 aliphatic heterocycles. The molecule has 0 spiro atoms. The number of aromatic hydroxyl groups is 1. The van der Waals surface area contributed by atoms with Crippen LogP contribution in [0.2, 0.25) is 0 Å². The van der Waals surface area contributed by atoms with Crippen molar-refractivity contribution in [1.29, 1.82) is 0 Å². The second-order valence-corrected chi connectivity index (χ2v) is 17.1. The summed E-state index contributed by atoms with van der Waals surface area (Å²) in [7, 11) is -2.25. The fourth-order valence-electron chi connectivity index (χ4n) is 5.66. The highest BCUT2D eigenvalue weighted by atomic mass is 79.9. The maximum Gasteiger partial charge on any atom is 0.264 e. The zero-order chi connectivity index (χ0) is 39.8. The van der Waals surface area contributed by atoms with Crippen molar-refractivity contribution in [2.24, 2.45) is 0 Å². The fraction of sp³-hybridized carbons (Fsp3) is 0.485. The quantitative estimate of drug-likeness (QED) is 0.0817. The van der Waals surface area contributed by atoms with Crippen LogP contribution < -0.4 is 34.6 Å².